The maximum atomic E-state index is 13.0. The van der Waals surface area contributed by atoms with Gasteiger partial charge in [-0.2, -0.15) is 4.98 Å². The molecule has 1 unspecified atom stereocenters. The summed E-state index contributed by atoms with van der Waals surface area (Å²) >= 11 is 3.15. The summed E-state index contributed by atoms with van der Waals surface area (Å²) in [6.07, 6.45) is 2.48. The Morgan fingerprint density at radius 3 is 2.96 bits per heavy atom. The molecule has 134 valence electrons. The molecular formula is C17H13BrFN3O4. The second kappa shape index (κ2) is 8.05. The molecule has 0 spiro atoms. The number of rotatable bonds is 6. The summed E-state index contributed by atoms with van der Waals surface area (Å²) in [5.74, 6) is -0.216. The van der Waals surface area contributed by atoms with Crippen LogP contribution in [-0.2, 0) is 9.53 Å². The van der Waals surface area contributed by atoms with Crippen molar-refractivity contribution in [2.75, 3.05) is 6.61 Å². The third-order valence-electron chi connectivity index (χ3n) is 3.26. The summed E-state index contributed by atoms with van der Waals surface area (Å²) in [4.78, 5) is 20.1. The largest absolute Gasteiger partial charge is 0.481 e. The van der Waals surface area contributed by atoms with Crippen LogP contribution in [-0.4, -0.2) is 27.7 Å². The van der Waals surface area contributed by atoms with Gasteiger partial charge in [-0.15, -0.1) is 0 Å². The molecule has 0 bridgehead atoms. The van der Waals surface area contributed by atoms with E-state index in [9.17, 15) is 9.18 Å². The maximum Gasteiger partial charge on any atom is 0.344 e. The minimum absolute atomic E-state index is 0.153. The molecular weight excluding hydrogens is 409 g/mol. The van der Waals surface area contributed by atoms with Crippen LogP contribution in [0.3, 0.4) is 0 Å². The Hall–Kier alpha value is -2.81. The summed E-state index contributed by atoms with van der Waals surface area (Å²) in [6.45, 7) is 1.25. The molecule has 0 saturated heterocycles. The predicted molar refractivity (Wildman–Crippen MR) is 91.6 cm³/mol. The number of hydrogen-bond acceptors (Lipinski definition) is 7. The highest BCUT2D eigenvalue weighted by molar-refractivity contribution is 9.10. The van der Waals surface area contributed by atoms with Crippen LogP contribution in [0.25, 0.3) is 11.4 Å². The van der Waals surface area contributed by atoms with Crippen molar-refractivity contribution in [1.29, 1.82) is 0 Å². The van der Waals surface area contributed by atoms with Gasteiger partial charge in [0, 0.05) is 18.0 Å². The van der Waals surface area contributed by atoms with E-state index >= 15 is 0 Å². The molecule has 3 rings (SSSR count). The summed E-state index contributed by atoms with van der Waals surface area (Å²) in [6, 6.07) is 7.41. The molecule has 7 nitrogen and oxygen atoms in total. The van der Waals surface area contributed by atoms with Crippen molar-refractivity contribution in [2.24, 2.45) is 0 Å². The van der Waals surface area contributed by atoms with Crippen LogP contribution in [0.2, 0.25) is 0 Å². The van der Waals surface area contributed by atoms with Crippen LogP contribution < -0.4 is 4.74 Å². The first kappa shape index (κ1) is 18.0. The monoisotopic (exact) mass is 421 g/mol. The molecule has 1 aromatic carbocycles. The third-order valence-corrected chi connectivity index (χ3v) is 3.88. The fourth-order valence-electron chi connectivity index (χ4n) is 2.02. The lowest BCUT2D eigenvalue weighted by Gasteiger charge is -2.11. The molecule has 0 aliphatic rings. The zero-order chi connectivity index (χ0) is 18.5. The average molecular weight is 422 g/mol. The molecule has 9 heteroatoms. The van der Waals surface area contributed by atoms with Gasteiger partial charge in [0.1, 0.15) is 11.6 Å². The van der Waals surface area contributed by atoms with Crippen LogP contribution in [0.1, 0.15) is 18.9 Å². The number of pyridine rings is 1. The fraction of sp³-hybridized carbons (Fsp3) is 0.176. The van der Waals surface area contributed by atoms with Gasteiger partial charge < -0.3 is 14.0 Å². The first-order valence-corrected chi connectivity index (χ1v) is 8.33. The molecule has 0 N–H and O–H groups in total. The van der Waals surface area contributed by atoms with Crippen LogP contribution in [0.15, 0.2) is 51.7 Å². The van der Waals surface area contributed by atoms with E-state index in [2.05, 4.69) is 31.1 Å². The Kier molecular flexibility index (Phi) is 5.57. The van der Waals surface area contributed by atoms with Crippen molar-refractivity contribution >= 4 is 21.9 Å². The molecule has 2 aromatic heterocycles. The van der Waals surface area contributed by atoms with Crippen molar-refractivity contribution in [3.05, 3.63) is 58.9 Å². The number of benzene rings is 1. The molecule has 2 heterocycles. The predicted octanol–water partition coefficient (Wildman–Crippen LogP) is 3.72. The van der Waals surface area contributed by atoms with Gasteiger partial charge in [0.2, 0.25) is 5.82 Å². The summed E-state index contributed by atoms with van der Waals surface area (Å²) in [7, 11) is 0. The summed E-state index contributed by atoms with van der Waals surface area (Å²) in [5, 5.41) is 3.84. The quantitative estimate of drug-likeness (QED) is 0.560. The third kappa shape index (κ3) is 4.42. The van der Waals surface area contributed by atoms with E-state index in [-0.39, 0.29) is 12.5 Å². The topological polar surface area (TPSA) is 87.3 Å². The lowest BCUT2D eigenvalue weighted by molar-refractivity contribution is -0.152. The molecule has 0 saturated carbocycles. The Morgan fingerprint density at radius 1 is 1.38 bits per heavy atom. The van der Waals surface area contributed by atoms with Crippen molar-refractivity contribution in [1.82, 2.24) is 15.1 Å². The molecule has 0 aliphatic heterocycles. The van der Waals surface area contributed by atoms with E-state index in [1.165, 1.54) is 18.2 Å². The van der Waals surface area contributed by atoms with E-state index in [0.717, 1.165) is 0 Å². The first-order chi connectivity index (χ1) is 12.5. The molecule has 0 radical (unpaired) electrons. The maximum absolute atomic E-state index is 13.0. The Bertz CT molecular complexity index is 904. The van der Waals surface area contributed by atoms with Crippen molar-refractivity contribution in [3.63, 3.8) is 0 Å². The minimum atomic E-state index is -0.749. The lowest BCUT2D eigenvalue weighted by atomic mass is 10.3. The van der Waals surface area contributed by atoms with Gasteiger partial charge in [0.25, 0.3) is 5.89 Å². The number of esters is 1. The van der Waals surface area contributed by atoms with Gasteiger partial charge >= 0.3 is 5.97 Å². The number of ether oxygens (including phenoxy) is 2. The first-order valence-electron chi connectivity index (χ1n) is 7.54. The normalized spacial score (nSPS) is 11.8. The van der Waals surface area contributed by atoms with Crippen molar-refractivity contribution < 1.29 is 23.2 Å². The SMILES string of the molecule is CC(OC(=O)COc1ccc(F)cc1Br)c1nc(-c2cccnc2)no1. The molecule has 0 aliphatic carbocycles. The average Bonchev–Trinajstić information content (AvgIpc) is 3.12. The van der Waals surface area contributed by atoms with Crippen LogP contribution >= 0.6 is 15.9 Å². The van der Waals surface area contributed by atoms with Crippen molar-refractivity contribution in [2.45, 2.75) is 13.0 Å². The van der Waals surface area contributed by atoms with Gasteiger partial charge in [0.05, 0.1) is 4.47 Å². The minimum Gasteiger partial charge on any atom is -0.481 e. The van der Waals surface area contributed by atoms with Gasteiger partial charge in [-0.05, 0) is 53.2 Å². The number of carbonyl (C=O) groups is 1. The number of aromatic nitrogens is 3. The van der Waals surface area contributed by atoms with Gasteiger partial charge in [-0.1, -0.05) is 5.16 Å². The standard InChI is InChI=1S/C17H13BrFN3O4/c1-10(17-21-16(22-26-17)11-3-2-6-20-8-11)25-15(23)9-24-14-5-4-12(19)7-13(14)18/h2-8,10H,9H2,1H3. The number of carbonyl (C=O) groups excluding carboxylic acids is 1. The van der Waals surface area contributed by atoms with Gasteiger partial charge in [-0.25, -0.2) is 9.18 Å². The van der Waals surface area contributed by atoms with Crippen LogP contribution in [0.4, 0.5) is 4.39 Å². The molecule has 0 fully saturated rings. The Morgan fingerprint density at radius 2 is 2.23 bits per heavy atom. The van der Waals surface area contributed by atoms with E-state index in [1.807, 2.05) is 0 Å². The van der Waals surface area contributed by atoms with E-state index in [1.54, 1.807) is 31.5 Å². The lowest BCUT2D eigenvalue weighted by Crippen LogP contribution is -2.17. The highest BCUT2D eigenvalue weighted by Crippen LogP contribution is 2.25. The molecule has 3 aromatic rings. The zero-order valence-electron chi connectivity index (χ0n) is 13.6. The summed E-state index contributed by atoms with van der Waals surface area (Å²) in [5.41, 5.74) is 0.686. The summed E-state index contributed by atoms with van der Waals surface area (Å²) < 4.78 is 29.1. The smallest absolute Gasteiger partial charge is 0.344 e. The number of halogens is 2. The second-order valence-electron chi connectivity index (χ2n) is 5.19. The van der Waals surface area contributed by atoms with E-state index in [0.29, 0.717) is 21.6 Å². The number of hydrogen-bond donors (Lipinski definition) is 0. The van der Waals surface area contributed by atoms with Crippen LogP contribution in [0.5, 0.6) is 5.75 Å². The zero-order valence-corrected chi connectivity index (χ0v) is 15.1. The molecule has 0 amide bonds. The van der Waals surface area contributed by atoms with E-state index in [4.69, 9.17) is 14.0 Å². The van der Waals surface area contributed by atoms with Gasteiger partial charge in [0.15, 0.2) is 12.7 Å². The highest BCUT2D eigenvalue weighted by atomic mass is 79.9. The van der Waals surface area contributed by atoms with Gasteiger partial charge in [-0.3, -0.25) is 4.98 Å². The Labute approximate surface area is 156 Å². The molecule has 26 heavy (non-hydrogen) atoms. The van der Waals surface area contributed by atoms with E-state index < -0.39 is 17.9 Å². The highest BCUT2D eigenvalue weighted by Gasteiger charge is 2.20. The second-order valence-corrected chi connectivity index (χ2v) is 6.05. The Balaban J connectivity index is 1.57. The molecule has 1 atom stereocenters. The fourth-order valence-corrected chi connectivity index (χ4v) is 2.49. The number of nitrogens with zero attached hydrogens (tertiary/aromatic N) is 3. The van der Waals surface area contributed by atoms with Crippen molar-refractivity contribution in [3.8, 4) is 17.1 Å². The van der Waals surface area contributed by atoms with Crippen LogP contribution in [0, 0.1) is 5.82 Å².